The highest BCUT2D eigenvalue weighted by Crippen LogP contribution is 2.27. The summed E-state index contributed by atoms with van der Waals surface area (Å²) in [5.41, 5.74) is 0.971. The number of pyridine rings is 1. The van der Waals surface area contributed by atoms with Crippen molar-refractivity contribution in [3.63, 3.8) is 0 Å². The quantitative estimate of drug-likeness (QED) is 0.768. The number of carbonyl (C=O) groups excluding carboxylic acids is 1. The average molecular weight is 359 g/mol. The summed E-state index contributed by atoms with van der Waals surface area (Å²) in [7, 11) is 1.93. The molecule has 2 unspecified atom stereocenters. The molecule has 2 aromatic heterocycles. The molecule has 0 saturated carbocycles. The van der Waals surface area contributed by atoms with Gasteiger partial charge in [0.15, 0.2) is 11.0 Å². The van der Waals surface area contributed by atoms with Crippen LogP contribution in [0.1, 0.15) is 39.5 Å². The molecule has 3 heterocycles. The van der Waals surface area contributed by atoms with E-state index in [2.05, 4.69) is 33.9 Å². The second kappa shape index (κ2) is 7.99. The second-order valence-electron chi connectivity index (χ2n) is 6.53. The predicted molar refractivity (Wildman–Crippen MR) is 99.2 cm³/mol. The van der Waals surface area contributed by atoms with Crippen LogP contribution in [0.15, 0.2) is 29.7 Å². The average Bonchev–Trinajstić information content (AvgIpc) is 3.00. The molecule has 1 aliphatic heterocycles. The molecule has 0 bridgehead atoms. The van der Waals surface area contributed by atoms with Crippen LogP contribution in [0.4, 0.5) is 0 Å². The zero-order chi connectivity index (χ0) is 17.8. The number of aromatic nitrogens is 4. The first-order valence-electron chi connectivity index (χ1n) is 8.85. The molecule has 3 rings (SSSR count). The predicted octanol–water partition coefficient (Wildman–Crippen LogP) is 3.15. The van der Waals surface area contributed by atoms with Gasteiger partial charge in [0, 0.05) is 37.1 Å². The van der Waals surface area contributed by atoms with Crippen LogP contribution in [-0.2, 0) is 11.8 Å². The Bertz CT molecular complexity index is 718. The highest BCUT2D eigenvalue weighted by Gasteiger charge is 2.30. The van der Waals surface area contributed by atoms with Gasteiger partial charge in [-0.1, -0.05) is 18.7 Å². The summed E-state index contributed by atoms with van der Waals surface area (Å²) in [5.74, 6) is 1.40. The Hall–Kier alpha value is -1.89. The van der Waals surface area contributed by atoms with Gasteiger partial charge in [0.2, 0.25) is 5.91 Å². The van der Waals surface area contributed by atoms with E-state index in [0.29, 0.717) is 17.8 Å². The maximum Gasteiger partial charge on any atom is 0.233 e. The van der Waals surface area contributed by atoms with Gasteiger partial charge >= 0.3 is 0 Å². The lowest BCUT2D eigenvalue weighted by atomic mass is 9.95. The number of hydrogen-bond donors (Lipinski definition) is 0. The van der Waals surface area contributed by atoms with E-state index in [1.807, 2.05) is 23.7 Å². The lowest BCUT2D eigenvalue weighted by Gasteiger charge is -2.40. The summed E-state index contributed by atoms with van der Waals surface area (Å²) in [6, 6.07) is 4.53. The molecule has 0 spiro atoms. The van der Waals surface area contributed by atoms with E-state index in [1.165, 1.54) is 18.2 Å². The zero-order valence-corrected chi connectivity index (χ0v) is 15.9. The Morgan fingerprint density at radius 2 is 2.04 bits per heavy atom. The normalized spacial score (nSPS) is 20.7. The van der Waals surface area contributed by atoms with Crippen LogP contribution in [0, 0.1) is 0 Å². The largest absolute Gasteiger partial charge is 0.336 e. The molecular weight excluding hydrogens is 334 g/mol. The van der Waals surface area contributed by atoms with Crippen molar-refractivity contribution in [2.45, 2.75) is 56.8 Å². The van der Waals surface area contributed by atoms with E-state index in [9.17, 15) is 4.79 Å². The third-order valence-electron chi connectivity index (χ3n) is 4.88. The highest BCUT2D eigenvalue weighted by atomic mass is 32.2. The van der Waals surface area contributed by atoms with Crippen molar-refractivity contribution >= 4 is 17.7 Å². The van der Waals surface area contributed by atoms with Crippen molar-refractivity contribution in [2.24, 2.45) is 7.05 Å². The van der Waals surface area contributed by atoms with Gasteiger partial charge in [0.1, 0.15) is 0 Å². The smallest absolute Gasteiger partial charge is 0.233 e. The number of carbonyl (C=O) groups is 1. The van der Waals surface area contributed by atoms with Gasteiger partial charge in [0.25, 0.3) is 0 Å². The first-order valence-corrected chi connectivity index (χ1v) is 9.84. The van der Waals surface area contributed by atoms with Crippen molar-refractivity contribution in [3.05, 3.63) is 24.5 Å². The van der Waals surface area contributed by atoms with Crippen LogP contribution < -0.4 is 0 Å². The molecule has 1 amide bonds. The number of amides is 1. The van der Waals surface area contributed by atoms with Crippen molar-refractivity contribution < 1.29 is 4.79 Å². The maximum atomic E-state index is 12.8. The highest BCUT2D eigenvalue weighted by molar-refractivity contribution is 7.99. The van der Waals surface area contributed by atoms with Gasteiger partial charge in [0.05, 0.1) is 5.75 Å². The maximum absolute atomic E-state index is 12.8. The van der Waals surface area contributed by atoms with Crippen molar-refractivity contribution in [1.82, 2.24) is 24.6 Å². The summed E-state index contributed by atoms with van der Waals surface area (Å²) in [6.45, 7) is 4.33. The molecule has 1 saturated heterocycles. The van der Waals surface area contributed by atoms with Crippen molar-refractivity contribution in [1.29, 1.82) is 0 Å². The molecule has 2 atom stereocenters. The molecule has 134 valence electrons. The fourth-order valence-corrected chi connectivity index (χ4v) is 4.31. The Morgan fingerprint density at radius 1 is 1.28 bits per heavy atom. The van der Waals surface area contributed by atoms with E-state index in [0.717, 1.165) is 35.8 Å². The van der Waals surface area contributed by atoms with Crippen LogP contribution >= 0.6 is 11.8 Å². The molecule has 7 heteroatoms. The molecule has 25 heavy (non-hydrogen) atoms. The van der Waals surface area contributed by atoms with Crippen LogP contribution in [0.3, 0.4) is 0 Å². The minimum Gasteiger partial charge on any atom is -0.336 e. The molecule has 6 nitrogen and oxygen atoms in total. The monoisotopic (exact) mass is 359 g/mol. The van der Waals surface area contributed by atoms with E-state index < -0.39 is 0 Å². The van der Waals surface area contributed by atoms with Crippen molar-refractivity contribution in [3.8, 4) is 11.4 Å². The van der Waals surface area contributed by atoms with Gasteiger partial charge in [-0.15, -0.1) is 10.2 Å². The Kier molecular flexibility index (Phi) is 5.73. The number of piperidine rings is 1. The third-order valence-corrected chi connectivity index (χ3v) is 5.89. The van der Waals surface area contributed by atoms with E-state index in [-0.39, 0.29) is 5.91 Å². The number of thioether (sulfide) groups is 1. The second-order valence-corrected chi connectivity index (χ2v) is 7.48. The lowest BCUT2D eigenvalue weighted by Crippen LogP contribution is -2.49. The molecule has 1 fully saturated rings. The minimum absolute atomic E-state index is 0.206. The summed E-state index contributed by atoms with van der Waals surface area (Å²) in [5, 5.41) is 9.28. The lowest BCUT2D eigenvalue weighted by molar-refractivity contribution is -0.134. The summed E-state index contributed by atoms with van der Waals surface area (Å²) < 4.78 is 1.93. The number of rotatable bonds is 5. The fraction of sp³-hybridized carbons (Fsp3) is 0.556. The molecule has 0 aliphatic carbocycles. The van der Waals surface area contributed by atoms with Gasteiger partial charge in [-0.25, -0.2) is 0 Å². The van der Waals surface area contributed by atoms with Crippen molar-refractivity contribution in [2.75, 3.05) is 5.75 Å². The van der Waals surface area contributed by atoms with Crippen LogP contribution in [0.2, 0.25) is 0 Å². The molecule has 1 aliphatic rings. The fourth-order valence-electron chi connectivity index (χ4n) is 3.53. The Morgan fingerprint density at radius 3 is 2.76 bits per heavy atom. The van der Waals surface area contributed by atoms with E-state index >= 15 is 0 Å². The van der Waals surface area contributed by atoms with Crippen LogP contribution in [0.25, 0.3) is 11.4 Å². The minimum atomic E-state index is 0.206. The molecule has 0 N–H and O–H groups in total. The van der Waals surface area contributed by atoms with Crippen LogP contribution in [-0.4, -0.2) is 48.4 Å². The topological polar surface area (TPSA) is 63.9 Å². The third kappa shape index (κ3) is 3.86. The van der Waals surface area contributed by atoms with Gasteiger partial charge < -0.3 is 9.47 Å². The molecule has 0 radical (unpaired) electrons. The van der Waals surface area contributed by atoms with E-state index in [1.54, 1.807) is 12.4 Å². The van der Waals surface area contributed by atoms with Gasteiger partial charge in [-0.3, -0.25) is 9.78 Å². The van der Waals surface area contributed by atoms with Crippen LogP contribution in [0.5, 0.6) is 0 Å². The standard InChI is InChI=1S/C18H25N5OS/c1-4-15-7-5-6-13(2)23(15)16(24)12-25-18-21-20-17(22(18)3)14-8-10-19-11-9-14/h8-11,13,15H,4-7,12H2,1-3H3. The molecule has 2 aromatic rings. The number of likely N-dealkylation sites (tertiary alicyclic amines) is 1. The Labute approximate surface area is 153 Å². The summed E-state index contributed by atoms with van der Waals surface area (Å²) >= 11 is 1.46. The zero-order valence-electron chi connectivity index (χ0n) is 15.1. The van der Waals surface area contributed by atoms with Gasteiger partial charge in [-0.2, -0.15) is 0 Å². The first-order chi connectivity index (χ1) is 12.1. The Balaban J connectivity index is 1.67. The SMILES string of the molecule is CCC1CCCC(C)N1C(=O)CSc1nnc(-c2ccncc2)n1C. The number of hydrogen-bond acceptors (Lipinski definition) is 5. The first kappa shape index (κ1) is 17.9. The molecule has 0 aromatic carbocycles. The molecular formula is C18H25N5OS. The van der Waals surface area contributed by atoms with Gasteiger partial charge in [-0.05, 0) is 44.7 Å². The van der Waals surface area contributed by atoms with E-state index in [4.69, 9.17) is 0 Å². The summed E-state index contributed by atoms with van der Waals surface area (Å²) in [6.07, 6.45) is 7.94. The summed E-state index contributed by atoms with van der Waals surface area (Å²) in [4.78, 5) is 18.9. The number of nitrogens with zero attached hydrogens (tertiary/aromatic N) is 5.